The zero-order valence-corrected chi connectivity index (χ0v) is 10.4. The minimum atomic E-state index is -0.431. The Labute approximate surface area is 114 Å². The molecule has 1 heterocycles. The molecule has 0 aliphatic carbocycles. The number of nitrogens with zero attached hydrogens (tertiary/aromatic N) is 4. The van der Waals surface area contributed by atoms with Crippen molar-refractivity contribution in [3.05, 3.63) is 71.0 Å². The highest BCUT2D eigenvalue weighted by atomic mass is 16.6. The summed E-state index contributed by atoms with van der Waals surface area (Å²) in [5.41, 5.74) is 1.70. The number of benzene rings is 2. The molecule has 0 unspecified atom stereocenters. The van der Waals surface area contributed by atoms with E-state index in [-0.39, 0.29) is 5.69 Å². The van der Waals surface area contributed by atoms with Crippen LogP contribution in [0.5, 0.6) is 0 Å². The van der Waals surface area contributed by atoms with Crippen molar-refractivity contribution < 1.29 is 4.92 Å². The van der Waals surface area contributed by atoms with Gasteiger partial charge in [0.25, 0.3) is 5.69 Å². The third-order valence-electron chi connectivity index (χ3n) is 2.85. The number of nitro benzene ring substituents is 1. The SMILES string of the molecule is O=[N+]([O-])c1ccc(-c2ncn(-c3ccccc3)n2)cc1. The van der Waals surface area contributed by atoms with Crippen LogP contribution in [-0.2, 0) is 0 Å². The van der Waals surface area contributed by atoms with Gasteiger partial charge in [-0.1, -0.05) is 18.2 Å². The number of aromatic nitrogens is 3. The number of para-hydroxylation sites is 1. The first-order valence-corrected chi connectivity index (χ1v) is 5.96. The van der Waals surface area contributed by atoms with Gasteiger partial charge < -0.3 is 0 Å². The van der Waals surface area contributed by atoms with Crippen molar-refractivity contribution in [3.63, 3.8) is 0 Å². The number of nitro groups is 1. The van der Waals surface area contributed by atoms with Crippen LogP contribution < -0.4 is 0 Å². The van der Waals surface area contributed by atoms with E-state index in [2.05, 4.69) is 10.1 Å². The second-order valence-corrected chi connectivity index (χ2v) is 4.15. The molecule has 6 heteroatoms. The molecule has 3 aromatic rings. The molecule has 2 aromatic carbocycles. The molecule has 98 valence electrons. The number of hydrogen-bond donors (Lipinski definition) is 0. The van der Waals surface area contributed by atoms with Crippen molar-refractivity contribution in [1.29, 1.82) is 0 Å². The molecule has 0 spiro atoms. The summed E-state index contributed by atoms with van der Waals surface area (Å²) >= 11 is 0. The average molecular weight is 266 g/mol. The molecule has 0 saturated heterocycles. The lowest BCUT2D eigenvalue weighted by molar-refractivity contribution is -0.384. The van der Waals surface area contributed by atoms with Crippen molar-refractivity contribution in [2.75, 3.05) is 0 Å². The lowest BCUT2D eigenvalue weighted by atomic mass is 10.2. The van der Waals surface area contributed by atoms with E-state index in [4.69, 9.17) is 0 Å². The Kier molecular flexibility index (Phi) is 2.96. The molecular formula is C14H10N4O2. The Bertz CT molecular complexity index is 735. The fourth-order valence-electron chi connectivity index (χ4n) is 1.83. The van der Waals surface area contributed by atoms with Gasteiger partial charge in [-0.15, -0.1) is 5.10 Å². The van der Waals surface area contributed by atoms with Crippen LogP contribution in [0.15, 0.2) is 60.9 Å². The fourth-order valence-corrected chi connectivity index (χ4v) is 1.83. The molecule has 0 radical (unpaired) electrons. The van der Waals surface area contributed by atoms with Crippen LogP contribution in [0, 0.1) is 10.1 Å². The summed E-state index contributed by atoms with van der Waals surface area (Å²) in [5, 5.41) is 15.0. The Morgan fingerprint density at radius 2 is 1.70 bits per heavy atom. The summed E-state index contributed by atoms with van der Waals surface area (Å²) in [6.07, 6.45) is 1.62. The highest BCUT2D eigenvalue weighted by molar-refractivity contribution is 5.57. The normalized spacial score (nSPS) is 10.4. The van der Waals surface area contributed by atoms with Crippen molar-refractivity contribution in [1.82, 2.24) is 14.8 Å². The first kappa shape index (κ1) is 12.0. The van der Waals surface area contributed by atoms with Gasteiger partial charge in [0.15, 0.2) is 5.82 Å². The molecule has 0 aliphatic rings. The highest BCUT2D eigenvalue weighted by Crippen LogP contribution is 2.19. The maximum Gasteiger partial charge on any atom is 0.269 e. The minimum absolute atomic E-state index is 0.0521. The monoisotopic (exact) mass is 266 g/mol. The molecule has 3 rings (SSSR count). The lowest BCUT2D eigenvalue weighted by Crippen LogP contribution is -1.94. The second kappa shape index (κ2) is 4.93. The Balaban J connectivity index is 1.92. The average Bonchev–Trinajstić information content (AvgIpc) is 2.98. The van der Waals surface area contributed by atoms with Crippen molar-refractivity contribution in [2.45, 2.75) is 0 Å². The van der Waals surface area contributed by atoms with E-state index in [1.165, 1.54) is 12.1 Å². The molecule has 0 aliphatic heterocycles. The van der Waals surface area contributed by atoms with Crippen LogP contribution >= 0.6 is 0 Å². The summed E-state index contributed by atoms with van der Waals surface area (Å²) in [4.78, 5) is 14.4. The first-order valence-electron chi connectivity index (χ1n) is 5.96. The van der Waals surface area contributed by atoms with Gasteiger partial charge in [-0.05, 0) is 24.3 Å². The minimum Gasteiger partial charge on any atom is -0.258 e. The molecule has 0 atom stereocenters. The van der Waals surface area contributed by atoms with E-state index < -0.39 is 4.92 Å². The summed E-state index contributed by atoms with van der Waals surface area (Å²) in [6.45, 7) is 0. The van der Waals surface area contributed by atoms with E-state index in [0.29, 0.717) is 5.82 Å². The molecule has 0 fully saturated rings. The van der Waals surface area contributed by atoms with Crippen molar-refractivity contribution in [3.8, 4) is 17.1 Å². The summed E-state index contributed by atoms with van der Waals surface area (Å²) < 4.78 is 1.66. The predicted octanol–water partition coefficient (Wildman–Crippen LogP) is 2.84. The van der Waals surface area contributed by atoms with Crippen molar-refractivity contribution >= 4 is 5.69 Å². The third-order valence-corrected chi connectivity index (χ3v) is 2.85. The maximum atomic E-state index is 10.6. The zero-order chi connectivity index (χ0) is 13.9. The molecule has 0 saturated carbocycles. The largest absolute Gasteiger partial charge is 0.269 e. The van der Waals surface area contributed by atoms with Gasteiger partial charge in [0, 0.05) is 17.7 Å². The van der Waals surface area contributed by atoms with Gasteiger partial charge in [0.1, 0.15) is 6.33 Å². The van der Waals surface area contributed by atoms with Gasteiger partial charge in [-0.3, -0.25) is 10.1 Å². The topological polar surface area (TPSA) is 73.8 Å². The molecule has 6 nitrogen and oxygen atoms in total. The molecule has 1 aromatic heterocycles. The standard InChI is InChI=1S/C14H10N4O2/c19-18(20)13-8-6-11(7-9-13)14-15-10-17(16-14)12-4-2-1-3-5-12/h1-10H. The molecule has 0 amide bonds. The van der Waals surface area contributed by atoms with Crippen LogP contribution in [0.1, 0.15) is 0 Å². The zero-order valence-electron chi connectivity index (χ0n) is 10.4. The number of rotatable bonds is 3. The first-order chi connectivity index (χ1) is 9.74. The van der Waals surface area contributed by atoms with E-state index in [1.54, 1.807) is 23.1 Å². The second-order valence-electron chi connectivity index (χ2n) is 4.15. The molecular weight excluding hydrogens is 256 g/mol. The van der Waals surface area contributed by atoms with Gasteiger partial charge in [-0.25, -0.2) is 9.67 Å². The van der Waals surface area contributed by atoms with Crippen LogP contribution in [0.25, 0.3) is 17.1 Å². The molecule has 20 heavy (non-hydrogen) atoms. The lowest BCUT2D eigenvalue weighted by Gasteiger charge is -1.98. The summed E-state index contributed by atoms with van der Waals surface area (Å²) in [6, 6.07) is 15.8. The Morgan fingerprint density at radius 1 is 1.00 bits per heavy atom. The maximum absolute atomic E-state index is 10.6. The van der Waals surface area contributed by atoms with Gasteiger partial charge in [0.05, 0.1) is 10.6 Å². The number of non-ortho nitro benzene ring substituents is 1. The summed E-state index contributed by atoms with van der Waals surface area (Å²) in [7, 11) is 0. The van der Waals surface area contributed by atoms with Gasteiger partial charge >= 0.3 is 0 Å². The van der Waals surface area contributed by atoms with Gasteiger partial charge in [0.2, 0.25) is 0 Å². The fraction of sp³-hybridized carbons (Fsp3) is 0. The third kappa shape index (κ3) is 2.26. The quantitative estimate of drug-likeness (QED) is 0.539. The van der Waals surface area contributed by atoms with E-state index >= 15 is 0 Å². The van der Waals surface area contributed by atoms with Crippen LogP contribution in [0.2, 0.25) is 0 Å². The van der Waals surface area contributed by atoms with Crippen LogP contribution in [-0.4, -0.2) is 19.7 Å². The summed E-state index contributed by atoms with van der Waals surface area (Å²) in [5.74, 6) is 0.531. The van der Waals surface area contributed by atoms with E-state index in [9.17, 15) is 10.1 Å². The smallest absolute Gasteiger partial charge is 0.258 e. The predicted molar refractivity (Wildman–Crippen MR) is 73.4 cm³/mol. The van der Waals surface area contributed by atoms with E-state index in [0.717, 1.165) is 11.3 Å². The van der Waals surface area contributed by atoms with Gasteiger partial charge in [-0.2, -0.15) is 0 Å². The van der Waals surface area contributed by atoms with E-state index in [1.807, 2.05) is 30.3 Å². The van der Waals surface area contributed by atoms with Crippen LogP contribution in [0.3, 0.4) is 0 Å². The molecule has 0 bridgehead atoms. The molecule has 0 N–H and O–H groups in total. The van der Waals surface area contributed by atoms with Crippen LogP contribution in [0.4, 0.5) is 5.69 Å². The Morgan fingerprint density at radius 3 is 2.35 bits per heavy atom. The number of hydrogen-bond acceptors (Lipinski definition) is 4. The Hall–Kier alpha value is -3.02. The highest BCUT2D eigenvalue weighted by Gasteiger charge is 2.08. The van der Waals surface area contributed by atoms with Crippen molar-refractivity contribution in [2.24, 2.45) is 0 Å².